The third-order valence-corrected chi connectivity index (χ3v) is 0.998. The van der Waals surface area contributed by atoms with E-state index in [1.807, 2.05) is 20.8 Å². The van der Waals surface area contributed by atoms with Crippen LogP contribution in [0.1, 0.15) is 20.8 Å². The molecule has 2 heteroatoms. The zero-order valence-electron chi connectivity index (χ0n) is 7.11. The Balaban J connectivity index is 3.46. The van der Waals surface area contributed by atoms with Crippen LogP contribution in [0.15, 0.2) is 12.2 Å². The fraction of sp³-hybridized carbons (Fsp3) is 0.750. The lowest BCUT2D eigenvalue weighted by Crippen LogP contribution is -2.22. The van der Waals surface area contributed by atoms with E-state index in [9.17, 15) is 0 Å². The molecule has 60 valence electrons. The zero-order chi connectivity index (χ0) is 8.20. The van der Waals surface area contributed by atoms with Gasteiger partial charge in [0.05, 0.1) is 12.2 Å². The van der Waals surface area contributed by atoms with Crippen molar-refractivity contribution >= 4 is 0 Å². The first kappa shape index (κ1) is 9.66. The van der Waals surface area contributed by atoms with E-state index in [1.165, 1.54) is 0 Å². The minimum absolute atomic E-state index is 0.0852. The molecule has 0 rings (SSSR count). The predicted molar refractivity (Wildman–Crippen MR) is 43.9 cm³/mol. The molecule has 2 N–H and O–H groups in total. The summed E-state index contributed by atoms with van der Waals surface area (Å²) < 4.78 is 5.40. The molecule has 0 amide bonds. The van der Waals surface area contributed by atoms with Crippen molar-refractivity contribution in [3.8, 4) is 0 Å². The molecule has 0 unspecified atom stereocenters. The highest BCUT2D eigenvalue weighted by molar-refractivity contribution is 4.95. The fourth-order valence-corrected chi connectivity index (χ4v) is 0.377. The summed E-state index contributed by atoms with van der Waals surface area (Å²) in [4.78, 5) is 0. The van der Waals surface area contributed by atoms with E-state index in [1.54, 1.807) is 0 Å². The van der Waals surface area contributed by atoms with Gasteiger partial charge in [-0.3, -0.25) is 0 Å². The average Bonchev–Trinajstić information content (AvgIpc) is 1.81. The normalized spacial score (nSPS) is 11.6. The van der Waals surface area contributed by atoms with Crippen LogP contribution >= 0.6 is 0 Å². The van der Waals surface area contributed by atoms with Crippen LogP contribution in [0.25, 0.3) is 0 Å². The zero-order valence-corrected chi connectivity index (χ0v) is 7.11. The second-order valence-corrected chi connectivity index (χ2v) is 3.36. The molecular weight excluding hydrogens is 126 g/mol. The van der Waals surface area contributed by atoms with Crippen LogP contribution < -0.4 is 5.73 Å². The lowest BCUT2D eigenvalue weighted by molar-refractivity contribution is 0.0109. The lowest BCUT2D eigenvalue weighted by Gasteiger charge is -2.19. The first-order valence-corrected chi connectivity index (χ1v) is 3.46. The third-order valence-electron chi connectivity index (χ3n) is 0.998. The molecule has 0 aromatic heterocycles. The summed E-state index contributed by atoms with van der Waals surface area (Å²) >= 11 is 0. The quantitative estimate of drug-likeness (QED) is 0.605. The Bertz CT molecular complexity index is 113. The number of rotatable bonds is 3. The van der Waals surface area contributed by atoms with Crippen molar-refractivity contribution in [2.45, 2.75) is 26.4 Å². The molecule has 0 saturated heterocycles. The van der Waals surface area contributed by atoms with Crippen molar-refractivity contribution in [1.82, 2.24) is 0 Å². The Labute approximate surface area is 63.1 Å². The van der Waals surface area contributed by atoms with Gasteiger partial charge in [0.2, 0.25) is 0 Å². The molecule has 0 aliphatic carbocycles. The van der Waals surface area contributed by atoms with Crippen molar-refractivity contribution in [2.75, 3.05) is 13.2 Å². The molecule has 0 heterocycles. The average molecular weight is 143 g/mol. The molecule has 0 saturated carbocycles. The van der Waals surface area contributed by atoms with E-state index in [4.69, 9.17) is 10.5 Å². The van der Waals surface area contributed by atoms with E-state index in [-0.39, 0.29) is 5.60 Å². The van der Waals surface area contributed by atoms with Gasteiger partial charge in [-0.25, -0.2) is 0 Å². The third kappa shape index (κ3) is 5.79. The summed E-state index contributed by atoms with van der Waals surface area (Å²) in [7, 11) is 0. The van der Waals surface area contributed by atoms with Crippen LogP contribution in [0.4, 0.5) is 0 Å². The van der Waals surface area contributed by atoms with Gasteiger partial charge in [-0.2, -0.15) is 0 Å². The highest BCUT2D eigenvalue weighted by atomic mass is 16.5. The van der Waals surface area contributed by atoms with Gasteiger partial charge >= 0.3 is 0 Å². The first-order chi connectivity index (χ1) is 4.45. The monoisotopic (exact) mass is 143 g/mol. The maximum absolute atomic E-state index is 5.40. The molecule has 0 fully saturated rings. The summed E-state index contributed by atoms with van der Waals surface area (Å²) in [5.74, 6) is 0. The Hall–Kier alpha value is -0.340. The highest BCUT2D eigenvalue weighted by Crippen LogP contribution is 2.07. The molecule has 0 aliphatic heterocycles. The molecule has 0 radical (unpaired) electrons. The standard InChI is InChI=1S/C8H17NO/c1-7(5-9)6-10-8(2,3)4/h1,5-6,9H2,2-4H3. The van der Waals surface area contributed by atoms with Crippen LogP contribution in [0.5, 0.6) is 0 Å². The molecule has 0 bridgehead atoms. The van der Waals surface area contributed by atoms with Crippen molar-refractivity contribution in [3.63, 3.8) is 0 Å². The maximum Gasteiger partial charge on any atom is 0.0693 e. The predicted octanol–water partition coefficient (Wildman–Crippen LogP) is 1.32. The SMILES string of the molecule is C=C(CN)COC(C)(C)C. The minimum Gasteiger partial charge on any atom is -0.371 e. The molecular formula is C8H17NO. The lowest BCUT2D eigenvalue weighted by atomic mass is 10.2. The van der Waals surface area contributed by atoms with Crippen molar-refractivity contribution in [3.05, 3.63) is 12.2 Å². The largest absolute Gasteiger partial charge is 0.371 e. The summed E-state index contributed by atoms with van der Waals surface area (Å²) in [6, 6.07) is 0. The number of ether oxygens (including phenoxy) is 1. The summed E-state index contributed by atoms with van der Waals surface area (Å²) in [6.45, 7) is 10.8. The maximum atomic E-state index is 5.40. The summed E-state index contributed by atoms with van der Waals surface area (Å²) in [5, 5.41) is 0. The van der Waals surface area contributed by atoms with Gasteiger partial charge in [-0.05, 0) is 26.3 Å². The van der Waals surface area contributed by atoms with Gasteiger partial charge in [-0.15, -0.1) is 0 Å². The Morgan fingerprint density at radius 2 is 2.00 bits per heavy atom. The highest BCUT2D eigenvalue weighted by Gasteiger charge is 2.09. The Morgan fingerprint density at radius 3 is 2.30 bits per heavy atom. The van der Waals surface area contributed by atoms with Gasteiger partial charge in [0, 0.05) is 6.54 Å². The molecule has 0 spiro atoms. The van der Waals surface area contributed by atoms with Crippen molar-refractivity contribution < 1.29 is 4.74 Å². The molecule has 10 heavy (non-hydrogen) atoms. The van der Waals surface area contributed by atoms with Gasteiger partial charge in [0.25, 0.3) is 0 Å². The molecule has 2 nitrogen and oxygen atoms in total. The molecule has 0 aromatic rings. The number of nitrogens with two attached hydrogens (primary N) is 1. The van der Waals surface area contributed by atoms with E-state index in [0.717, 1.165) is 5.57 Å². The fourth-order valence-electron chi connectivity index (χ4n) is 0.377. The van der Waals surface area contributed by atoms with E-state index in [2.05, 4.69) is 6.58 Å². The van der Waals surface area contributed by atoms with E-state index >= 15 is 0 Å². The molecule has 0 aromatic carbocycles. The molecule has 0 atom stereocenters. The van der Waals surface area contributed by atoms with Crippen molar-refractivity contribution in [2.24, 2.45) is 5.73 Å². The van der Waals surface area contributed by atoms with Crippen LogP contribution in [0.2, 0.25) is 0 Å². The topological polar surface area (TPSA) is 35.2 Å². The second-order valence-electron chi connectivity index (χ2n) is 3.36. The van der Waals surface area contributed by atoms with Gasteiger partial charge < -0.3 is 10.5 Å². The Morgan fingerprint density at radius 1 is 1.50 bits per heavy atom. The van der Waals surface area contributed by atoms with Crippen molar-refractivity contribution in [1.29, 1.82) is 0 Å². The van der Waals surface area contributed by atoms with Crippen LogP contribution in [0.3, 0.4) is 0 Å². The van der Waals surface area contributed by atoms with Gasteiger partial charge in [0.15, 0.2) is 0 Å². The Kier molecular flexibility index (Phi) is 3.61. The molecule has 0 aliphatic rings. The van der Waals surface area contributed by atoms with Gasteiger partial charge in [-0.1, -0.05) is 6.58 Å². The first-order valence-electron chi connectivity index (χ1n) is 3.46. The van der Waals surface area contributed by atoms with Crippen LogP contribution in [-0.2, 0) is 4.74 Å². The van der Waals surface area contributed by atoms with Gasteiger partial charge in [0.1, 0.15) is 0 Å². The van der Waals surface area contributed by atoms with E-state index < -0.39 is 0 Å². The van der Waals surface area contributed by atoms with Crippen LogP contribution in [-0.4, -0.2) is 18.8 Å². The second kappa shape index (κ2) is 3.74. The van der Waals surface area contributed by atoms with E-state index in [0.29, 0.717) is 13.2 Å². The smallest absolute Gasteiger partial charge is 0.0693 e. The number of hydrogen-bond acceptors (Lipinski definition) is 2. The minimum atomic E-state index is -0.0852. The summed E-state index contributed by atoms with van der Waals surface area (Å²) in [6.07, 6.45) is 0. The number of hydrogen-bond donors (Lipinski definition) is 1. The van der Waals surface area contributed by atoms with Crippen LogP contribution in [0, 0.1) is 0 Å². The summed E-state index contributed by atoms with van der Waals surface area (Å²) in [5.41, 5.74) is 6.18.